The van der Waals surface area contributed by atoms with Crippen molar-refractivity contribution in [1.82, 2.24) is 19.2 Å². The second-order valence-electron chi connectivity index (χ2n) is 7.20. The summed E-state index contributed by atoms with van der Waals surface area (Å²) in [5.41, 5.74) is 3.86. The Morgan fingerprint density at radius 3 is 2.80 bits per heavy atom. The number of carbonyl (C=O) groups excluding carboxylic acids is 1. The topological polar surface area (TPSA) is 81.3 Å². The molecule has 0 aliphatic rings. The van der Waals surface area contributed by atoms with Crippen LogP contribution in [0, 0.1) is 13.8 Å². The fourth-order valence-electron chi connectivity index (χ4n) is 3.26. The summed E-state index contributed by atoms with van der Waals surface area (Å²) in [5.74, 6) is 0.616. The number of nitrogens with zero attached hydrogens (tertiary/aromatic N) is 4. The molecule has 0 atom stereocenters. The van der Waals surface area contributed by atoms with Crippen molar-refractivity contribution in [1.29, 1.82) is 0 Å². The number of rotatable bonds is 7. The van der Waals surface area contributed by atoms with Gasteiger partial charge in [-0.2, -0.15) is 0 Å². The highest BCUT2D eigenvalue weighted by Crippen LogP contribution is 2.25. The number of amides is 1. The van der Waals surface area contributed by atoms with Crippen molar-refractivity contribution in [3.05, 3.63) is 51.1 Å². The highest BCUT2D eigenvalue weighted by Gasteiger charge is 2.18. The second-order valence-corrected chi connectivity index (χ2v) is 9.06. The molecule has 0 bridgehead atoms. The molecule has 9 heteroatoms. The predicted molar refractivity (Wildman–Crippen MR) is 123 cm³/mol. The van der Waals surface area contributed by atoms with E-state index in [0.29, 0.717) is 22.2 Å². The number of carbonyl (C=O) groups is 1. The number of aryl methyl sites for hydroxylation is 3. The van der Waals surface area contributed by atoms with Crippen molar-refractivity contribution in [3.63, 3.8) is 0 Å². The van der Waals surface area contributed by atoms with Crippen molar-refractivity contribution in [2.24, 2.45) is 0 Å². The van der Waals surface area contributed by atoms with Gasteiger partial charge >= 0.3 is 0 Å². The summed E-state index contributed by atoms with van der Waals surface area (Å²) >= 11 is 2.73. The third-order valence-corrected chi connectivity index (χ3v) is 6.86. The molecule has 0 unspecified atom stereocenters. The number of unbranched alkanes of at least 4 members (excludes halogenated alkanes) is 1. The van der Waals surface area contributed by atoms with Crippen molar-refractivity contribution in [3.8, 4) is 0 Å². The van der Waals surface area contributed by atoms with Gasteiger partial charge < -0.3 is 5.32 Å². The van der Waals surface area contributed by atoms with Crippen LogP contribution >= 0.6 is 23.1 Å². The Morgan fingerprint density at radius 1 is 1.20 bits per heavy atom. The van der Waals surface area contributed by atoms with Crippen molar-refractivity contribution in [2.45, 2.75) is 45.3 Å². The van der Waals surface area contributed by atoms with Gasteiger partial charge in [-0.15, -0.1) is 21.5 Å². The summed E-state index contributed by atoms with van der Waals surface area (Å²) < 4.78 is 4.26. The van der Waals surface area contributed by atoms with Crippen LogP contribution in [-0.4, -0.2) is 30.8 Å². The maximum Gasteiger partial charge on any atom is 0.272 e. The summed E-state index contributed by atoms with van der Waals surface area (Å²) in [4.78, 5) is 25.3. The monoisotopic (exact) mass is 441 g/mol. The van der Waals surface area contributed by atoms with Crippen LogP contribution in [-0.2, 0) is 11.3 Å². The van der Waals surface area contributed by atoms with Crippen LogP contribution in [0.1, 0.15) is 30.9 Å². The fourth-order valence-corrected chi connectivity index (χ4v) is 4.82. The average Bonchev–Trinajstić information content (AvgIpc) is 3.36. The number of thioether (sulfide) groups is 1. The molecule has 0 aliphatic carbocycles. The highest BCUT2D eigenvalue weighted by atomic mass is 32.2. The van der Waals surface area contributed by atoms with E-state index in [4.69, 9.17) is 0 Å². The van der Waals surface area contributed by atoms with Crippen LogP contribution in [0.4, 0.5) is 5.69 Å². The van der Waals surface area contributed by atoms with Crippen LogP contribution in [0.25, 0.3) is 16.0 Å². The highest BCUT2D eigenvalue weighted by molar-refractivity contribution is 7.99. The van der Waals surface area contributed by atoms with E-state index in [-0.39, 0.29) is 17.2 Å². The molecule has 156 valence electrons. The van der Waals surface area contributed by atoms with Crippen LogP contribution < -0.4 is 10.9 Å². The lowest BCUT2D eigenvalue weighted by atomic mass is 10.1. The van der Waals surface area contributed by atoms with Crippen LogP contribution in [0.3, 0.4) is 0 Å². The molecule has 0 spiro atoms. The molecule has 0 radical (unpaired) electrons. The first-order valence-electron chi connectivity index (χ1n) is 9.84. The van der Waals surface area contributed by atoms with Gasteiger partial charge in [-0.25, -0.2) is 0 Å². The lowest BCUT2D eigenvalue weighted by molar-refractivity contribution is -0.113. The van der Waals surface area contributed by atoms with Gasteiger partial charge in [0, 0.05) is 12.2 Å². The maximum absolute atomic E-state index is 12.9. The molecule has 1 N–H and O–H groups in total. The van der Waals surface area contributed by atoms with Crippen molar-refractivity contribution >= 4 is 50.7 Å². The number of nitrogens with one attached hydrogen (secondary N) is 1. The minimum absolute atomic E-state index is 0.0302. The van der Waals surface area contributed by atoms with Gasteiger partial charge in [0.25, 0.3) is 5.56 Å². The van der Waals surface area contributed by atoms with Gasteiger partial charge in [0.15, 0.2) is 5.16 Å². The lowest BCUT2D eigenvalue weighted by Gasteiger charge is -2.09. The Hall–Kier alpha value is -2.65. The van der Waals surface area contributed by atoms with E-state index in [0.717, 1.165) is 29.6 Å². The number of fused-ring (bicyclic) bond motifs is 3. The first-order valence-corrected chi connectivity index (χ1v) is 11.7. The summed E-state index contributed by atoms with van der Waals surface area (Å²) in [5, 5.41) is 14.0. The lowest BCUT2D eigenvalue weighted by Crippen LogP contribution is -2.22. The number of hydrogen-bond acceptors (Lipinski definition) is 6. The molecule has 3 aromatic heterocycles. The molecule has 0 fully saturated rings. The standard InChI is InChI=1S/C21H23N5O2S2/c1-4-5-9-25-19(28)18-16(8-10-29-18)26-20(25)23-24-21(26)30-12-17(27)22-15-7-6-13(2)14(3)11-15/h6-8,10-11H,4-5,9,12H2,1-3H3,(H,22,27). The molecular formula is C21H23N5O2S2. The zero-order chi connectivity index (χ0) is 21.3. The van der Waals surface area contributed by atoms with E-state index < -0.39 is 0 Å². The van der Waals surface area contributed by atoms with E-state index in [9.17, 15) is 9.59 Å². The average molecular weight is 442 g/mol. The first-order chi connectivity index (χ1) is 14.5. The maximum atomic E-state index is 12.9. The van der Waals surface area contributed by atoms with Gasteiger partial charge in [0.2, 0.25) is 11.7 Å². The Bertz CT molecular complexity index is 1290. The van der Waals surface area contributed by atoms with E-state index in [1.54, 1.807) is 4.57 Å². The SMILES string of the molecule is CCCCn1c(=O)c2sccc2n2c(SCC(=O)Nc3ccc(C)c(C)c3)nnc12. The van der Waals surface area contributed by atoms with Crippen LogP contribution in [0.15, 0.2) is 39.6 Å². The number of anilines is 1. The minimum atomic E-state index is -0.110. The van der Waals surface area contributed by atoms with Gasteiger partial charge in [-0.3, -0.25) is 18.6 Å². The van der Waals surface area contributed by atoms with Gasteiger partial charge in [0.05, 0.1) is 11.3 Å². The van der Waals surface area contributed by atoms with Gasteiger partial charge in [-0.1, -0.05) is 31.2 Å². The number of benzene rings is 1. The Balaban J connectivity index is 1.60. The molecule has 0 saturated carbocycles. The van der Waals surface area contributed by atoms with Gasteiger partial charge in [0.1, 0.15) is 4.70 Å². The normalized spacial score (nSPS) is 11.4. The Labute approximate surface area is 182 Å². The fraction of sp³-hybridized carbons (Fsp3) is 0.333. The van der Waals surface area contributed by atoms with Crippen LogP contribution in [0.5, 0.6) is 0 Å². The Morgan fingerprint density at radius 2 is 2.03 bits per heavy atom. The quantitative estimate of drug-likeness (QED) is 0.434. The van der Waals surface area contributed by atoms with Crippen molar-refractivity contribution in [2.75, 3.05) is 11.1 Å². The number of aromatic nitrogens is 4. The van der Waals surface area contributed by atoms with E-state index in [1.807, 2.05) is 47.9 Å². The number of thiophene rings is 1. The van der Waals surface area contributed by atoms with E-state index in [2.05, 4.69) is 22.4 Å². The Kier molecular flexibility index (Phi) is 5.92. The smallest absolute Gasteiger partial charge is 0.272 e. The zero-order valence-electron chi connectivity index (χ0n) is 17.1. The zero-order valence-corrected chi connectivity index (χ0v) is 18.8. The molecule has 7 nitrogen and oxygen atoms in total. The molecule has 4 aromatic rings. The molecule has 1 amide bonds. The predicted octanol–water partition coefficient (Wildman–Crippen LogP) is 4.25. The molecule has 1 aromatic carbocycles. The molecule has 4 rings (SSSR count). The number of hydrogen-bond donors (Lipinski definition) is 1. The van der Waals surface area contributed by atoms with E-state index >= 15 is 0 Å². The molecule has 0 saturated heterocycles. The largest absolute Gasteiger partial charge is 0.325 e. The summed E-state index contributed by atoms with van der Waals surface area (Å²) in [6.45, 7) is 6.75. The minimum Gasteiger partial charge on any atom is -0.325 e. The molecule has 30 heavy (non-hydrogen) atoms. The molecular weight excluding hydrogens is 418 g/mol. The first kappa shape index (κ1) is 20.6. The molecule has 3 heterocycles. The van der Waals surface area contributed by atoms with Crippen molar-refractivity contribution < 1.29 is 4.79 Å². The van der Waals surface area contributed by atoms with Gasteiger partial charge in [-0.05, 0) is 55.0 Å². The third kappa shape index (κ3) is 3.87. The summed E-state index contributed by atoms with van der Waals surface area (Å²) in [7, 11) is 0. The van der Waals surface area contributed by atoms with Crippen LogP contribution in [0.2, 0.25) is 0 Å². The molecule has 0 aliphatic heterocycles. The summed E-state index contributed by atoms with van der Waals surface area (Å²) in [6, 6.07) is 7.76. The van der Waals surface area contributed by atoms with E-state index in [1.165, 1.54) is 28.7 Å². The summed E-state index contributed by atoms with van der Waals surface area (Å²) in [6.07, 6.45) is 1.87. The second kappa shape index (κ2) is 8.61. The third-order valence-electron chi connectivity index (χ3n) is 5.04.